The Hall–Kier alpha value is -1.66. The highest BCUT2D eigenvalue weighted by Crippen LogP contribution is 2.45. The molecule has 0 atom stereocenters. The van der Waals surface area contributed by atoms with Crippen LogP contribution in [0.2, 0.25) is 5.15 Å². The van der Waals surface area contributed by atoms with Gasteiger partial charge in [0, 0.05) is 0 Å². The molecule has 0 N–H and O–H groups in total. The summed E-state index contributed by atoms with van der Waals surface area (Å²) >= 11 is 6.19. The van der Waals surface area contributed by atoms with E-state index in [9.17, 15) is 9.36 Å². The predicted molar refractivity (Wildman–Crippen MR) is 101 cm³/mol. The van der Waals surface area contributed by atoms with Gasteiger partial charge in [0.05, 0.1) is 32.6 Å². The summed E-state index contributed by atoms with van der Waals surface area (Å²) in [5.41, 5.74) is 0.473. The van der Waals surface area contributed by atoms with E-state index in [-0.39, 0.29) is 30.3 Å². The second-order valence-electron chi connectivity index (χ2n) is 5.38. The smallest absolute Gasteiger partial charge is 0.385 e. The van der Waals surface area contributed by atoms with E-state index in [1.54, 1.807) is 40.0 Å². The number of ether oxygens (including phenoxy) is 1. The maximum absolute atomic E-state index is 13.0. The monoisotopic (exact) mass is 400 g/mol. The molecule has 0 unspecified atom stereocenters. The van der Waals surface area contributed by atoms with Gasteiger partial charge in [0.25, 0.3) is 5.56 Å². The molecule has 0 fully saturated rings. The first-order chi connectivity index (χ1) is 12.4. The fourth-order valence-corrected chi connectivity index (χ4v) is 4.21. The highest BCUT2D eigenvalue weighted by molar-refractivity contribution is 7.61. The molecular weight excluding hydrogens is 379 g/mol. The first-order valence-corrected chi connectivity index (χ1v) is 10.1. The third-order valence-corrected chi connectivity index (χ3v) is 6.07. The molecule has 26 heavy (non-hydrogen) atoms. The molecule has 1 aromatic carbocycles. The molecule has 7 nitrogen and oxygen atoms in total. The molecule has 2 rings (SSSR count). The molecule has 0 aliphatic heterocycles. The van der Waals surface area contributed by atoms with Gasteiger partial charge >= 0.3 is 7.60 Å². The Kier molecular flexibility index (Phi) is 7.01. The Morgan fingerprint density at radius 2 is 1.73 bits per heavy atom. The minimum Gasteiger partial charge on any atom is -0.497 e. The lowest BCUT2D eigenvalue weighted by molar-refractivity contribution is 0.229. The highest BCUT2D eigenvalue weighted by Gasteiger charge is 2.34. The number of methoxy groups -OCH3 is 1. The molecule has 0 aliphatic rings. The van der Waals surface area contributed by atoms with Crippen LogP contribution in [-0.4, -0.2) is 29.9 Å². The average molecular weight is 401 g/mol. The first kappa shape index (κ1) is 20.6. The second kappa shape index (κ2) is 8.82. The first-order valence-electron chi connectivity index (χ1n) is 8.15. The Balaban J connectivity index is 2.54. The Bertz CT molecular complexity index is 857. The molecule has 9 heteroatoms. The van der Waals surface area contributed by atoms with Crippen LogP contribution in [0.5, 0.6) is 5.75 Å². The van der Waals surface area contributed by atoms with Crippen molar-refractivity contribution in [2.75, 3.05) is 20.3 Å². The molecule has 0 amide bonds. The summed E-state index contributed by atoms with van der Waals surface area (Å²) in [5.74, 6) is 0.712. The number of aromatic nitrogens is 2. The van der Waals surface area contributed by atoms with Gasteiger partial charge in [-0.1, -0.05) is 23.7 Å². The van der Waals surface area contributed by atoms with Crippen LogP contribution in [0.1, 0.15) is 25.1 Å². The van der Waals surface area contributed by atoms with Crippen molar-refractivity contribution in [3.8, 4) is 5.75 Å². The number of hydrogen-bond donors (Lipinski definition) is 0. The molecule has 0 saturated heterocycles. The standard InChI is InChI=1S/C17H22ClN2O5P/c1-5-24-26(22,25-6-2)16-17(21)20(12(3)15(18)19-16)11-13-7-9-14(23-4)10-8-13/h7-10H,5-6,11H2,1-4H3. The summed E-state index contributed by atoms with van der Waals surface area (Å²) in [6.45, 7) is 5.47. The number of rotatable bonds is 8. The van der Waals surface area contributed by atoms with E-state index in [1.807, 2.05) is 12.1 Å². The highest BCUT2D eigenvalue weighted by atomic mass is 35.5. The van der Waals surface area contributed by atoms with Crippen LogP contribution in [0.25, 0.3) is 0 Å². The van der Waals surface area contributed by atoms with Crippen LogP contribution in [0.15, 0.2) is 29.1 Å². The van der Waals surface area contributed by atoms with Crippen LogP contribution in [0, 0.1) is 6.92 Å². The van der Waals surface area contributed by atoms with E-state index in [1.165, 1.54) is 4.57 Å². The van der Waals surface area contributed by atoms with Gasteiger partial charge in [0.2, 0.25) is 5.44 Å². The SMILES string of the molecule is CCOP(=O)(OCC)c1nc(Cl)c(C)n(Cc2ccc(OC)cc2)c1=O. The zero-order valence-corrected chi connectivity index (χ0v) is 16.8. The largest absolute Gasteiger partial charge is 0.497 e. The summed E-state index contributed by atoms with van der Waals surface area (Å²) in [6.07, 6.45) is 0. The predicted octanol–water partition coefficient (Wildman–Crippen LogP) is 3.15. The lowest BCUT2D eigenvalue weighted by Crippen LogP contribution is -2.39. The number of halogens is 1. The van der Waals surface area contributed by atoms with E-state index in [0.29, 0.717) is 11.4 Å². The molecule has 0 aliphatic carbocycles. The fraction of sp³-hybridized carbons (Fsp3) is 0.412. The maximum Gasteiger partial charge on any atom is 0.385 e. The number of nitrogens with zero attached hydrogens (tertiary/aromatic N) is 2. The second-order valence-corrected chi connectivity index (χ2v) is 7.68. The summed E-state index contributed by atoms with van der Waals surface area (Å²) < 4.78 is 30.0. The Morgan fingerprint density at radius 3 is 2.23 bits per heavy atom. The third kappa shape index (κ3) is 4.35. The minimum absolute atomic E-state index is 0.0766. The lowest BCUT2D eigenvalue weighted by atomic mass is 10.2. The van der Waals surface area contributed by atoms with Crippen LogP contribution in [0.4, 0.5) is 0 Å². The molecule has 0 bridgehead atoms. The summed E-state index contributed by atoms with van der Waals surface area (Å²) in [4.78, 5) is 17.0. The quantitative estimate of drug-likeness (QED) is 0.633. The topological polar surface area (TPSA) is 79.7 Å². The average Bonchev–Trinajstić information content (AvgIpc) is 2.62. The molecule has 0 radical (unpaired) electrons. The van der Waals surface area contributed by atoms with Gasteiger partial charge in [-0.05, 0) is 38.5 Å². The minimum atomic E-state index is -3.85. The molecule has 0 spiro atoms. The van der Waals surface area contributed by atoms with Crippen molar-refractivity contribution in [1.82, 2.24) is 9.55 Å². The van der Waals surface area contributed by atoms with Crippen molar-refractivity contribution in [3.63, 3.8) is 0 Å². The van der Waals surface area contributed by atoms with E-state index in [4.69, 9.17) is 25.4 Å². The Labute approximate surface area is 157 Å². The van der Waals surface area contributed by atoms with E-state index in [2.05, 4.69) is 4.98 Å². The van der Waals surface area contributed by atoms with Crippen molar-refractivity contribution in [3.05, 3.63) is 51.0 Å². The van der Waals surface area contributed by atoms with Crippen LogP contribution in [-0.2, 0) is 20.2 Å². The van der Waals surface area contributed by atoms with Crippen LogP contribution < -0.4 is 15.7 Å². The zero-order valence-electron chi connectivity index (χ0n) is 15.2. The van der Waals surface area contributed by atoms with Gasteiger partial charge in [0.1, 0.15) is 10.9 Å². The normalized spacial score (nSPS) is 11.6. The van der Waals surface area contributed by atoms with Crippen molar-refractivity contribution in [2.45, 2.75) is 27.3 Å². The molecule has 1 aromatic heterocycles. The molecule has 1 heterocycles. The lowest BCUT2D eigenvalue weighted by Gasteiger charge is -2.19. The van der Waals surface area contributed by atoms with Crippen molar-refractivity contribution >= 4 is 24.6 Å². The van der Waals surface area contributed by atoms with E-state index in [0.717, 1.165) is 5.56 Å². The fourth-order valence-electron chi connectivity index (χ4n) is 2.39. The molecule has 142 valence electrons. The molecule has 2 aromatic rings. The van der Waals surface area contributed by atoms with Gasteiger partial charge in [-0.25, -0.2) is 4.98 Å². The van der Waals surface area contributed by atoms with Gasteiger partial charge in [0.15, 0.2) is 0 Å². The van der Waals surface area contributed by atoms with Gasteiger partial charge < -0.3 is 18.4 Å². The third-order valence-electron chi connectivity index (χ3n) is 3.70. The number of benzene rings is 1. The van der Waals surface area contributed by atoms with Crippen molar-refractivity contribution < 1.29 is 18.3 Å². The summed E-state index contributed by atoms with van der Waals surface area (Å²) in [5, 5.41) is 0.0766. The van der Waals surface area contributed by atoms with Gasteiger partial charge in [-0.2, -0.15) is 0 Å². The van der Waals surface area contributed by atoms with Gasteiger partial charge in [-0.15, -0.1) is 0 Å². The van der Waals surface area contributed by atoms with Crippen LogP contribution >= 0.6 is 19.2 Å². The summed E-state index contributed by atoms with van der Waals surface area (Å²) in [6, 6.07) is 7.27. The van der Waals surface area contributed by atoms with Gasteiger partial charge in [-0.3, -0.25) is 9.36 Å². The molecular formula is C17H22ClN2O5P. The maximum atomic E-state index is 13.0. The Morgan fingerprint density at radius 1 is 1.15 bits per heavy atom. The zero-order chi connectivity index (χ0) is 19.3. The van der Waals surface area contributed by atoms with E-state index < -0.39 is 13.2 Å². The van der Waals surface area contributed by atoms with Crippen LogP contribution in [0.3, 0.4) is 0 Å². The summed E-state index contributed by atoms with van der Waals surface area (Å²) in [7, 11) is -2.27. The van der Waals surface area contributed by atoms with Crippen molar-refractivity contribution in [1.29, 1.82) is 0 Å². The van der Waals surface area contributed by atoms with Crippen molar-refractivity contribution in [2.24, 2.45) is 0 Å². The van der Waals surface area contributed by atoms with E-state index >= 15 is 0 Å². The number of hydrogen-bond acceptors (Lipinski definition) is 6. The molecule has 0 saturated carbocycles.